The first kappa shape index (κ1) is 10.2. The summed E-state index contributed by atoms with van der Waals surface area (Å²) in [6.45, 7) is 6.79. The van der Waals surface area contributed by atoms with Gasteiger partial charge in [0.2, 0.25) is 0 Å². The van der Waals surface area contributed by atoms with Crippen molar-refractivity contribution in [3.8, 4) is 0 Å². The smallest absolute Gasteiger partial charge is 0.0701 e. The van der Waals surface area contributed by atoms with Crippen molar-refractivity contribution < 1.29 is 0 Å². The Bertz CT molecular complexity index is 238. The van der Waals surface area contributed by atoms with Gasteiger partial charge in [-0.2, -0.15) is 0 Å². The van der Waals surface area contributed by atoms with Gasteiger partial charge in [-0.3, -0.25) is 0 Å². The van der Waals surface area contributed by atoms with Gasteiger partial charge in [-0.25, -0.2) is 0 Å². The molecule has 62 valence electrons. The molecule has 0 fully saturated rings. The van der Waals surface area contributed by atoms with E-state index in [2.05, 4.69) is 71.3 Å². The third kappa shape index (κ3) is 2.30. The summed E-state index contributed by atoms with van der Waals surface area (Å²) in [5.74, 6) is 0. The van der Waals surface area contributed by atoms with Crippen LogP contribution in [0.3, 0.4) is 0 Å². The Morgan fingerprint density at radius 3 is 2.00 bits per heavy atom. The van der Waals surface area contributed by atoms with Crippen molar-refractivity contribution >= 4 is 56.5 Å². The van der Waals surface area contributed by atoms with Crippen LogP contribution in [0.4, 0.5) is 0 Å². The first-order valence-corrected chi connectivity index (χ1v) is 6.39. The molecule has 0 saturated carbocycles. The molecule has 0 saturated heterocycles. The number of halogens is 2. The second kappa shape index (κ2) is 3.49. The van der Waals surface area contributed by atoms with Crippen molar-refractivity contribution in [2.75, 3.05) is 0 Å². The van der Waals surface area contributed by atoms with E-state index in [9.17, 15) is 0 Å². The molecule has 0 amide bonds. The molecule has 1 aromatic rings. The molecule has 0 aliphatic rings. The molecule has 0 aliphatic heterocycles. The quantitative estimate of drug-likeness (QED) is 0.580. The molecule has 0 aliphatic carbocycles. The predicted molar refractivity (Wildman–Crippen MR) is 68.5 cm³/mol. The number of thiophene rings is 1. The minimum Gasteiger partial charge on any atom is -0.136 e. The Hall–Kier alpha value is 1.16. The van der Waals surface area contributed by atoms with Crippen LogP contribution in [0.25, 0.3) is 0 Å². The van der Waals surface area contributed by atoms with Crippen molar-refractivity contribution in [2.24, 2.45) is 0 Å². The van der Waals surface area contributed by atoms with Gasteiger partial charge in [-0.1, -0.05) is 20.8 Å². The summed E-state index contributed by atoms with van der Waals surface area (Å²) in [4.78, 5) is 0. The van der Waals surface area contributed by atoms with Crippen LogP contribution < -0.4 is 0 Å². The van der Waals surface area contributed by atoms with Gasteiger partial charge in [0.05, 0.1) is 2.88 Å². The molecule has 11 heavy (non-hydrogen) atoms. The Labute approximate surface area is 99.1 Å². The minimum atomic E-state index is 0.299. The van der Waals surface area contributed by atoms with Crippen molar-refractivity contribution in [1.82, 2.24) is 0 Å². The van der Waals surface area contributed by atoms with Crippen molar-refractivity contribution in [3.05, 3.63) is 17.4 Å². The molecule has 0 nitrogen and oxygen atoms in total. The zero-order chi connectivity index (χ0) is 8.65. The molecule has 1 rings (SSSR count). The van der Waals surface area contributed by atoms with Gasteiger partial charge in [0.15, 0.2) is 0 Å². The van der Waals surface area contributed by atoms with Crippen LogP contribution in [0.5, 0.6) is 0 Å². The number of rotatable bonds is 0. The fourth-order valence-electron chi connectivity index (χ4n) is 0.968. The molecule has 1 aromatic heterocycles. The second-order valence-corrected chi connectivity index (χ2v) is 7.33. The standard InChI is InChI=1S/C8H10I2S/c1-8(2,3)6-5(9)4-11-7(6)10/h4H,1-3H3. The van der Waals surface area contributed by atoms with Crippen LogP contribution in [0.2, 0.25) is 0 Å². The molecule has 0 bridgehead atoms. The monoisotopic (exact) mass is 392 g/mol. The Balaban J connectivity index is 3.21. The third-order valence-electron chi connectivity index (χ3n) is 1.45. The van der Waals surface area contributed by atoms with Crippen molar-refractivity contribution in [2.45, 2.75) is 26.2 Å². The largest absolute Gasteiger partial charge is 0.136 e. The lowest BCUT2D eigenvalue weighted by molar-refractivity contribution is 0.586. The molecule has 1 heterocycles. The Kier molecular flexibility index (Phi) is 3.25. The average Bonchev–Trinajstić information content (AvgIpc) is 2.08. The molecule has 0 N–H and O–H groups in total. The van der Waals surface area contributed by atoms with Crippen molar-refractivity contribution in [3.63, 3.8) is 0 Å². The summed E-state index contributed by atoms with van der Waals surface area (Å²) < 4.78 is 2.84. The highest BCUT2D eigenvalue weighted by atomic mass is 127. The third-order valence-corrected chi connectivity index (χ3v) is 4.79. The fourth-order valence-corrected chi connectivity index (χ4v) is 5.47. The van der Waals surface area contributed by atoms with Gasteiger partial charge in [-0.05, 0) is 56.2 Å². The van der Waals surface area contributed by atoms with E-state index in [1.165, 1.54) is 12.0 Å². The van der Waals surface area contributed by atoms with Crippen LogP contribution in [-0.2, 0) is 5.41 Å². The molecular weight excluding hydrogens is 382 g/mol. The van der Waals surface area contributed by atoms with Crippen LogP contribution in [0.15, 0.2) is 5.38 Å². The highest BCUT2D eigenvalue weighted by molar-refractivity contribution is 14.1. The van der Waals surface area contributed by atoms with Gasteiger partial charge >= 0.3 is 0 Å². The van der Waals surface area contributed by atoms with E-state index in [1.807, 2.05) is 11.3 Å². The summed E-state index contributed by atoms with van der Waals surface area (Å²) in [5, 5.41) is 2.23. The van der Waals surface area contributed by atoms with Gasteiger partial charge in [-0.15, -0.1) is 11.3 Å². The van der Waals surface area contributed by atoms with Crippen LogP contribution >= 0.6 is 56.5 Å². The highest BCUT2D eigenvalue weighted by Crippen LogP contribution is 2.35. The first-order chi connectivity index (χ1) is 4.93. The minimum absolute atomic E-state index is 0.299. The van der Waals surface area contributed by atoms with E-state index in [0.29, 0.717) is 5.41 Å². The lowest BCUT2D eigenvalue weighted by atomic mass is 9.90. The Morgan fingerprint density at radius 1 is 1.27 bits per heavy atom. The lowest BCUT2D eigenvalue weighted by Gasteiger charge is -2.18. The maximum atomic E-state index is 2.42. The molecule has 0 radical (unpaired) electrons. The van der Waals surface area contributed by atoms with Gasteiger partial charge in [0.1, 0.15) is 0 Å². The van der Waals surface area contributed by atoms with Gasteiger partial charge in [0.25, 0.3) is 0 Å². The second-order valence-electron chi connectivity index (χ2n) is 3.48. The topological polar surface area (TPSA) is 0 Å². The van der Waals surface area contributed by atoms with E-state index >= 15 is 0 Å². The van der Waals surface area contributed by atoms with Crippen LogP contribution in [0, 0.1) is 6.45 Å². The predicted octanol–water partition coefficient (Wildman–Crippen LogP) is 4.25. The molecular formula is C8H10I2S. The maximum absolute atomic E-state index is 2.42. The highest BCUT2D eigenvalue weighted by Gasteiger charge is 2.21. The zero-order valence-corrected chi connectivity index (χ0v) is 11.9. The summed E-state index contributed by atoms with van der Waals surface area (Å²) in [5.41, 5.74) is 1.80. The summed E-state index contributed by atoms with van der Waals surface area (Å²) in [6, 6.07) is 0. The first-order valence-electron chi connectivity index (χ1n) is 3.36. The lowest BCUT2D eigenvalue weighted by Crippen LogP contribution is -2.12. The van der Waals surface area contributed by atoms with Crippen LogP contribution in [-0.4, -0.2) is 0 Å². The molecule has 0 unspecified atom stereocenters. The Morgan fingerprint density at radius 2 is 1.82 bits per heavy atom. The summed E-state index contributed by atoms with van der Waals surface area (Å²) in [6.07, 6.45) is 0. The van der Waals surface area contributed by atoms with Crippen molar-refractivity contribution in [1.29, 1.82) is 0 Å². The molecule has 0 spiro atoms. The molecule has 0 atom stereocenters. The van der Waals surface area contributed by atoms with Crippen LogP contribution in [0.1, 0.15) is 26.3 Å². The van der Waals surface area contributed by atoms with E-state index in [0.717, 1.165) is 0 Å². The molecule has 3 heteroatoms. The average molecular weight is 392 g/mol. The van der Waals surface area contributed by atoms with E-state index in [4.69, 9.17) is 0 Å². The normalized spacial score (nSPS) is 12.1. The van der Waals surface area contributed by atoms with E-state index in [1.54, 1.807) is 0 Å². The van der Waals surface area contributed by atoms with Gasteiger partial charge in [0, 0.05) is 8.95 Å². The van der Waals surface area contributed by atoms with E-state index in [-0.39, 0.29) is 0 Å². The summed E-state index contributed by atoms with van der Waals surface area (Å²) >= 11 is 6.67. The fraction of sp³-hybridized carbons (Fsp3) is 0.500. The summed E-state index contributed by atoms with van der Waals surface area (Å²) in [7, 11) is 0. The van der Waals surface area contributed by atoms with E-state index < -0.39 is 0 Å². The molecule has 0 aromatic carbocycles. The number of hydrogen-bond donors (Lipinski definition) is 0. The number of hydrogen-bond acceptors (Lipinski definition) is 1. The SMILES string of the molecule is CC(C)(C)c1c(I)csc1I. The zero-order valence-electron chi connectivity index (χ0n) is 6.74. The maximum Gasteiger partial charge on any atom is 0.0701 e. The van der Waals surface area contributed by atoms with Gasteiger partial charge < -0.3 is 0 Å².